The van der Waals surface area contributed by atoms with Crippen molar-refractivity contribution in [2.24, 2.45) is 5.92 Å². The molecule has 0 atom stereocenters. The molecule has 1 fully saturated rings. The van der Waals surface area contributed by atoms with Crippen LogP contribution in [0.25, 0.3) is 21.9 Å². The molecule has 1 N–H and O–H groups in total. The number of phenolic OH excluding ortho intramolecular Hbond substituents is 1. The molecule has 0 unspecified atom stereocenters. The van der Waals surface area contributed by atoms with Gasteiger partial charge in [0, 0.05) is 5.39 Å². The lowest BCUT2D eigenvalue weighted by atomic mass is 9.77. The van der Waals surface area contributed by atoms with Crippen LogP contribution in [-0.4, -0.2) is 5.11 Å². The SMILES string of the molecule is CCCCC1CCC(c2ccc(-c3cc(F)c4cc(O)ccc4c3)cc2)CC1. The molecule has 1 nitrogen and oxygen atoms in total. The van der Waals surface area contributed by atoms with E-state index in [0.717, 1.165) is 22.4 Å². The molecule has 0 radical (unpaired) electrons. The summed E-state index contributed by atoms with van der Waals surface area (Å²) in [7, 11) is 0. The Morgan fingerprint density at radius 1 is 0.893 bits per heavy atom. The number of aromatic hydroxyl groups is 1. The van der Waals surface area contributed by atoms with Gasteiger partial charge in [-0.25, -0.2) is 4.39 Å². The van der Waals surface area contributed by atoms with Gasteiger partial charge in [0.05, 0.1) is 0 Å². The Morgan fingerprint density at radius 2 is 1.64 bits per heavy atom. The fraction of sp³-hybridized carbons (Fsp3) is 0.385. The summed E-state index contributed by atoms with van der Waals surface area (Å²) in [6, 6.07) is 17.1. The first-order chi connectivity index (χ1) is 13.6. The Labute approximate surface area is 167 Å². The van der Waals surface area contributed by atoms with Gasteiger partial charge in [-0.3, -0.25) is 0 Å². The van der Waals surface area contributed by atoms with Gasteiger partial charge < -0.3 is 5.11 Å². The van der Waals surface area contributed by atoms with E-state index in [0.29, 0.717) is 11.3 Å². The third kappa shape index (κ3) is 4.06. The van der Waals surface area contributed by atoms with E-state index in [1.54, 1.807) is 18.2 Å². The normalized spacial score (nSPS) is 19.8. The molecular formula is C26H29FO. The van der Waals surface area contributed by atoms with Crippen molar-refractivity contribution in [1.29, 1.82) is 0 Å². The van der Waals surface area contributed by atoms with Crippen LogP contribution in [0.2, 0.25) is 0 Å². The predicted octanol–water partition coefficient (Wildman–Crippen LogP) is 7.82. The van der Waals surface area contributed by atoms with E-state index in [1.165, 1.54) is 56.6 Å². The number of phenols is 1. The molecule has 0 spiro atoms. The van der Waals surface area contributed by atoms with Crippen molar-refractivity contribution in [2.75, 3.05) is 0 Å². The molecule has 0 bridgehead atoms. The van der Waals surface area contributed by atoms with E-state index >= 15 is 0 Å². The predicted molar refractivity (Wildman–Crippen MR) is 115 cm³/mol. The van der Waals surface area contributed by atoms with E-state index in [4.69, 9.17) is 0 Å². The van der Waals surface area contributed by atoms with Gasteiger partial charge in [-0.2, -0.15) is 0 Å². The quantitative estimate of drug-likeness (QED) is 0.481. The lowest BCUT2D eigenvalue weighted by Crippen LogP contribution is -2.13. The number of hydrogen-bond donors (Lipinski definition) is 1. The molecule has 1 aliphatic rings. The second-order valence-electron chi connectivity index (χ2n) is 8.35. The Bertz CT molecular complexity index is 937. The molecule has 1 saturated carbocycles. The number of benzene rings is 3. The van der Waals surface area contributed by atoms with Crippen molar-refractivity contribution >= 4 is 10.8 Å². The highest BCUT2D eigenvalue weighted by Crippen LogP contribution is 2.38. The molecular weight excluding hydrogens is 347 g/mol. The molecule has 3 aromatic rings. The Kier molecular flexibility index (Phi) is 5.66. The van der Waals surface area contributed by atoms with Gasteiger partial charge in [0.2, 0.25) is 0 Å². The summed E-state index contributed by atoms with van der Waals surface area (Å²) in [6.45, 7) is 2.28. The summed E-state index contributed by atoms with van der Waals surface area (Å²) < 4.78 is 14.5. The van der Waals surface area contributed by atoms with Crippen molar-refractivity contribution < 1.29 is 9.50 Å². The highest BCUT2D eigenvalue weighted by atomic mass is 19.1. The molecule has 0 saturated heterocycles. The third-order valence-corrected chi connectivity index (χ3v) is 6.42. The summed E-state index contributed by atoms with van der Waals surface area (Å²) in [6.07, 6.45) is 9.37. The molecule has 1 aliphatic carbocycles. The maximum atomic E-state index is 14.5. The first-order valence-electron chi connectivity index (χ1n) is 10.7. The van der Waals surface area contributed by atoms with Crippen LogP contribution in [0.15, 0.2) is 54.6 Å². The van der Waals surface area contributed by atoms with Crippen molar-refractivity contribution in [2.45, 2.75) is 57.8 Å². The van der Waals surface area contributed by atoms with Gasteiger partial charge in [-0.15, -0.1) is 0 Å². The first kappa shape index (κ1) is 19.0. The van der Waals surface area contributed by atoms with Gasteiger partial charge in [-0.05, 0) is 83.9 Å². The van der Waals surface area contributed by atoms with Crippen LogP contribution in [-0.2, 0) is 0 Å². The highest BCUT2D eigenvalue weighted by Gasteiger charge is 2.22. The zero-order valence-corrected chi connectivity index (χ0v) is 16.6. The van der Waals surface area contributed by atoms with E-state index in [1.807, 2.05) is 6.07 Å². The standard InChI is InChI=1S/C26H29FO/c1-2-3-4-18-5-7-19(8-6-18)20-9-11-21(12-10-20)23-15-22-13-14-24(28)17-25(22)26(27)16-23/h9-19,28H,2-8H2,1H3. The fourth-order valence-corrected chi connectivity index (χ4v) is 4.69. The van der Waals surface area contributed by atoms with Crippen molar-refractivity contribution in [3.8, 4) is 16.9 Å². The summed E-state index contributed by atoms with van der Waals surface area (Å²) in [4.78, 5) is 0. The number of fused-ring (bicyclic) bond motifs is 1. The molecule has 0 aliphatic heterocycles. The number of hydrogen-bond acceptors (Lipinski definition) is 1. The van der Waals surface area contributed by atoms with Crippen LogP contribution < -0.4 is 0 Å². The maximum Gasteiger partial charge on any atom is 0.131 e. The monoisotopic (exact) mass is 376 g/mol. The molecule has 4 rings (SSSR count). The van der Waals surface area contributed by atoms with Crippen LogP contribution in [0.1, 0.15) is 63.4 Å². The third-order valence-electron chi connectivity index (χ3n) is 6.42. The summed E-state index contributed by atoms with van der Waals surface area (Å²) in [5.41, 5.74) is 3.34. The Morgan fingerprint density at radius 3 is 2.36 bits per heavy atom. The Hall–Kier alpha value is -2.35. The van der Waals surface area contributed by atoms with Crippen LogP contribution >= 0.6 is 0 Å². The zero-order chi connectivity index (χ0) is 19.5. The topological polar surface area (TPSA) is 20.2 Å². The number of halogens is 1. The van der Waals surface area contributed by atoms with Gasteiger partial charge >= 0.3 is 0 Å². The minimum atomic E-state index is -0.294. The number of rotatable bonds is 5. The second kappa shape index (κ2) is 8.34. The summed E-state index contributed by atoms with van der Waals surface area (Å²) in [5.74, 6) is 1.39. The smallest absolute Gasteiger partial charge is 0.131 e. The van der Waals surface area contributed by atoms with Crippen LogP contribution in [0.3, 0.4) is 0 Å². The van der Waals surface area contributed by atoms with Gasteiger partial charge in [-0.1, -0.05) is 56.5 Å². The largest absolute Gasteiger partial charge is 0.508 e. The second-order valence-corrected chi connectivity index (χ2v) is 8.35. The summed E-state index contributed by atoms with van der Waals surface area (Å²) >= 11 is 0. The van der Waals surface area contributed by atoms with Crippen molar-refractivity contribution in [1.82, 2.24) is 0 Å². The molecule has 146 valence electrons. The van der Waals surface area contributed by atoms with Gasteiger partial charge in [0.15, 0.2) is 0 Å². The number of unbranched alkanes of at least 4 members (excludes halogenated alkanes) is 1. The average Bonchev–Trinajstić information content (AvgIpc) is 2.73. The molecule has 0 amide bonds. The molecule has 0 heterocycles. The molecule has 2 heteroatoms. The van der Waals surface area contributed by atoms with E-state index in [-0.39, 0.29) is 11.6 Å². The van der Waals surface area contributed by atoms with Crippen LogP contribution in [0.5, 0.6) is 5.75 Å². The lowest BCUT2D eigenvalue weighted by molar-refractivity contribution is 0.304. The van der Waals surface area contributed by atoms with Gasteiger partial charge in [0.25, 0.3) is 0 Å². The Balaban J connectivity index is 1.49. The van der Waals surface area contributed by atoms with E-state index < -0.39 is 0 Å². The maximum absolute atomic E-state index is 14.5. The van der Waals surface area contributed by atoms with Gasteiger partial charge in [0.1, 0.15) is 11.6 Å². The van der Waals surface area contributed by atoms with Crippen LogP contribution in [0.4, 0.5) is 4.39 Å². The minimum Gasteiger partial charge on any atom is -0.508 e. The van der Waals surface area contributed by atoms with E-state index in [2.05, 4.69) is 31.2 Å². The zero-order valence-electron chi connectivity index (χ0n) is 16.6. The van der Waals surface area contributed by atoms with Crippen molar-refractivity contribution in [3.63, 3.8) is 0 Å². The average molecular weight is 377 g/mol. The van der Waals surface area contributed by atoms with Crippen molar-refractivity contribution in [3.05, 3.63) is 66.0 Å². The summed E-state index contributed by atoms with van der Waals surface area (Å²) in [5, 5.41) is 10.9. The van der Waals surface area contributed by atoms with Crippen LogP contribution in [0, 0.1) is 11.7 Å². The first-order valence-corrected chi connectivity index (χ1v) is 10.7. The highest BCUT2D eigenvalue weighted by molar-refractivity contribution is 5.89. The molecule has 28 heavy (non-hydrogen) atoms. The molecule has 3 aromatic carbocycles. The van der Waals surface area contributed by atoms with E-state index in [9.17, 15) is 9.50 Å². The minimum absolute atomic E-state index is 0.0907. The molecule has 0 aromatic heterocycles. The lowest BCUT2D eigenvalue weighted by Gasteiger charge is -2.29. The fourth-order valence-electron chi connectivity index (χ4n) is 4.69.